The van der Waals surface area contributed by atoms with Crippen molar-refractivity contribution >= 4 is 10.0 Å². The average molecular weight is 283 g/mol. The monoisotopic (exact) mass is 283 g/mol. The van der Waals surface area contributed by atoms with Gasteiger partial charge in [-0.3, -0.25) is 0 Å². The highest BCUT2D eigenvalue weighted by Crippen LogP contribution is 2.24. The van der Waals surface area contributed by atoms with Gasteiger partial charge in [-0.25, -0.2) is 13.1 Å². The number of rotatable bonds is 6. The molecular formula is C14H21NO3S. The molecule has 0 amide bonds. The van der Waals surface area contributed by atoms with Crippen molar-refractivity contribution in [3.05, 3.63) is 29.3 Å². The number of aryl methyl sites for hydroxylation is 2. The zero-order chi connectivity index (χ0) is 13.9. The van der Waals surface area contributed by atoms with Crippen molar-refractivity contribution in [2.24, 2.45) is 0 Å². The molecule has 1 N–H and O–H groups in total. The Morgan fingerprint density at radius 2 is 2.00 bits per heavy atom. The summed E-state index contributed by atoms with van der Waals surface area (Å²) < 4.78 is 32.1. The average Bonchev–Trinajstić information content (AvgIpc) is 2.81. The maximum absolute atomic E-state index is 12.1. The molecule has 1 aromatic rings. The highest BCUT2D eigenvalue weighted by atomic mass is 32.2. The summed E-state index contributed by atoms with van der Waals surface area (Å²) in [5.41, 5.74) is 2.45. The highest BCUT2D eigenvalue weighted by Gasteiger charge is 2.17. The standard InChI is InChI=1S/C14H21NO3S/c1-11(2)18-9-8-15-19(16,17)14-7-6-12-4-3-5-13(12)10-14/h6-7,10-11,15H,3-5,8-9H2,1-2H3. The Bertz CT molecular complexity index is 538. The van der Waals surface area contributed by atoms with Crippen LogP contribution in [0, 0.1) is 0 Å². The minimum Gasteiger partial charge on any atom is -0.377 e. The van der Waals surface area contributed by atoms with Gasteiger partial charge in [-0.05, 0) is 56.4 Å². The van der Waals surface area contributed by atoms with Gasteiger partial charge in [0.05, 0.1) is 17.6 Å². The second-order valence-electron chi connectivity index (χ2n) is 5.10. The molecule has 19 heavy (non-hydrogen) atoms. The summed E-state index contributed by atoms with van der Waals surface area (Å²) in [6.07, 6.45) is 3.28. The molecule has 1 aliphatic carbocycles. The third-order valence-corrected chi connectivity index (χ3v) is 4.68. The summed E-state index contributed by atoms with van der Waals surface area (Å²) in [6, 6.07) is 5.42. The molecule has 1 aromatic carbocycles. The first-order valence-electron chi connectivity index (χ1n) is 6.72. The van der Waals surface area contributed by atoms with Crippen molar-refractivity contribution in [1.82, 2.24) is 4.72 Å². The van der Waals surface area contributed by atoms with Crippen LogP contribution in [0.3, 0.4) is 0 Å². The predicted octanol–water partition coefficient (Wildman–Crippen LogP) is 1.88. The Morgan fingerprint density at radius 3 is 2.74 bits per heavy atom. The van der Waals surface area contributed by atoms with E-state index in [0.29, 0.717) is 18.0 Å². The van der Waals surface area contributed by atoms with Crippen LogP contribution in [0.1, 0.15) is 31.4 Å². The lowest BCUT2D eigenvalue weighted by atomic mass is 10.1. The fourth-order valence-corrected chi connectivity index (χ4v) is 3.33. The van der Waals surface area contributed by atoms with Crippen molar-refractivity contribution in [3.8, 4) is 0 Å². The molecule has 106 valence electrons. The van der Waals surface area contributed by atoms with Gasteiger partial charge in [0, 0.05) is 6.54 Å². The lowest BCUT2D eigenvalue weighted by Crippen LogP contribution is -2.28. The largest absolute Gasteiger partial charge is 0.377 e. The molecule has 0 fully saturated rings. The topological polar surface area (TPSA) is 55.4 Å². The van der Waals surface area contributed by atoms with Gasteiger partial charge < -0.3 is 4.74 Å². The van der Waals surface area contributed by atoms with Gasteiger partial charge in [0.15, 0.2) is 0 Å². The molecular weight excluding hydrogens is 262 g/mol. The number of sulfonamides is 1. The van der Waals surface area contributed by atoms with E-state index in [0.717, 1.165) is 19.3 Å². The van der Waals surface area contributed by atoms with Gasteiger partial charge in [-0.2, -0.15) is 0 Å². The first-order chi connectivity index (χ1) is 8.99. The number of benzene rings is 1. The number of hydrogen-bond acceptors (Lipinski definition) is 3. The van der Waals surface area contributed by atoms with Crippen molar-refractivity contribution in [3.63, 3.8) is 0 Å². The minimum atomic E-state index is -3.41. The molecule has 0 aliphatic heterocycles. The van der Waals surface area contributed by atoms with Crippen LogP contribution < -0.4 is 4.72 Å². The summed E-state index contributed by atoms with van der Waals surface area (Å²) >= 11 is 0. The molecule has 5 heteroatoms. The lowest BCUT2D eigenvalue weighted by Gasteiger charge is -2.10. The van der Waals surface area contributed by atoms with Crippen LogP contribution in [-0.4, -0.2) is 27.7 Å². The van der Waals surface area contributed by atoms with Crippen LogP contribution in [0.15, 0.2) is 23.1 Å². The van der Waals surface area contributed by atoms with Crippen LogP contribution in [0.4, 0.5) is 0 Å². The van der Waals surface area contributed by atoms with Crippen LogP contribution in [-0.2, 0) is 27.6 Å². The second kappa shape index (κ2) is 6.03. The van der Waals surface area contributed by atoms with E-state index in [1.54, 1.807) is 12.1 Å². The third kappa shape index (κ3) is 3.78. The molecule has 0 heterocycles. The quantitative estimate of drug-likeness (QED) is 0.811. The van der Waals surface area contributed by atoms with Crippen molar-refractivity contribution < 1.29 is 13.2 Å². The van der Waals surface area contributed by atoms with Crippen molar-refractivity contribution in [1.29, 1.82) is 0 Å². The Kier molecular flexibility index (Phi) is 4.60. The minimum absolute atomic E-state index is 0.115. The summed E-state index contributed by atoms with van der Waals surface area (Å²) in [6.45, 7) is 4.55. The summed E-state index contributed by atoms with van der Waals surface area (Å²) in [7, 11) is -3.41. The molecule has 2 rings (SSSR count). The molecule has 0 radical (unpaired) electrons. The van der Waals surface area contributed by atoms with Gasteiger partial charge in [0.25, 0.3) is 0 Å². The second-order valence-corrected chi connectivity index (χ2v) is 6.87. The van der Waals surface area contributed by atoms with E-state index in [4.69, 9.17) is 4.74 Å². The van der Waals surface area contributed by atoms with Crippen molar-refractivity contribution in [2.45, 2.75) is 44.1 Å². The van der Waals surface area contributed by atoms with Crippen LogP contribution >= 0.6 is 0 Å². The molecule has 0 atom stereocenters. The molecule has 0 spiro atoms. The van der Waals surface area contributed by atoms with Gasteiger partial charge >= 0.3 is 0 Å². The normalized spacial score (nSPS) is 14.9. The van der Waals surface area contributed by atoms with E-state index in [1.807, 2.05) is 19.9 Å². The van der Waals surface area contributed by atoms with Crippen molar-refractivity contribution in [2.75, 3.05) is 13.2 Å². The first-order valence-corrected chi connectivity index (χ1v) is 8.20. The van der Waals surface area contributed by atoms with E-state index < -0.39 is 10.0 Å². The predicted molar refractivity (Wildman–Crippen MR) is 74.7 cm³/mol. The molecule has 0 bridgehead atoms. The number of fused-ring (bicyclic) bond motifs is 1. The van der Waals surface area contributed by atoms with Crippen LogP contribution in [0.2, 0.25) is 0 Å². The fourth-order valence-electron chi connectivity index (χ4n) is 2.27. The smallest absolute Gasteiger partial charge is 0.240 e. The zero-order valence-electron chi connectivity index (χ0n) is 11.5. The number of ether oxygens (including phenoxy) is 1. The van der Waals surface area contributed by atoms with E-state index >= 15 is 0 Å². The van der Waals surface area contributed by atoms with Gasteiger partial charge in [-0.15, -0.1) is 0 Å². The fraction of sp³-hybridized carbons (Fsp3) is 0.571. The molecule has 1 aliphatic rings. The van der Waals surface area contributed by atoms with E-state index in [1.165, 1.54) is 11.1 Å². The highest BCUT2D eigenvalue weighted by molar-refractivity contribution is 7.89. The van der Waals surface area contributed by atoms with Gasteiger partial charge in [-0.1, -0.05) is 6.07 Å². The van der Waals surface area contributed by atoms with Crippen LogP contribution in [0.25, 0.3) is 0 Å². The SMILES string of the molecule is CC(C)OCCNS(=O)(=O)c1ccc2c(c1)CCC2. The lowest BCUT2D eigenvalue weighted by molar-refractivity contribution is 0.0834. The number of hydrogen-bond donors (Lipinski definition) is 1. The van der Waals surface area contributed by atoms with Crippen LogP contribution in [0.5, 0.6) is 0 Å². The Labute approximate surface area is 115 Å². The third-order valence-electron chi connectivity index (χ3n) is 3.23. The molecule has 0 unspecified atom stereocenters. The Morgan fingerprint density at radius 1 is 1.26 bits per heavy atom. The maximum Gasteiger partial charge on any atom is 0.240 e. The van der Waals surface area contributed by atoms with E-state index in [2.05, 4.69) is 4.72 Å². The maximum atomic E-state index is 12.1. The summed E-state index contributed by atoms with van der Waals surface area (Å²) in [5, 5.41) is 0. The van der Waals surface area contributed by atoms with Gasteiger partial charge in [0.2, 0.25) is 10.0 Å². The first kappa shape index (κ1) is 14.5. The Balaban J connectivity index is 1.99. The zero-order valence-corrected chi connectivity index (χ0v) is 12.3. The summed E-state index contributed by atoms with van der Waals surface area (Å²) in [5.74, 6) is 0. The number of nitrogens with one attached hydrogen (secondary N) is 1. The molecule has 4 nitrogen and oxygen atoms in total. The molecule has 0 saturated heterocycles. The van der Waals surface area contributed by atoms with Gasteiger partial charge in [0.1, 0.15) is 0 Å². The molecule has 0 saturated carbocycles. The van der Waals surface area contributed by atoms with E-state index in [9.17, 15) is 8.42 Å². The van der Waals surface area contributed by atoms with E-state index in [-0.39, 0.29) is 6.10 Å². The molecule has 0 aromatic heterocycles. The Hall–Kier alpha value is -0.910. The summed E-state index contributed by atoms with van der Waals surface area (Å²) in [4.78, 5) is 0.359.